The molecule has 0 bridgehead atoms. The molecule has 0 aromatic carbocycles. The van der Waals surface area contributed by atoms with E-state index in [0.29, 0.717) is 0 Å². The van der Waals surface area contributed by atoms with Crippen LogP contribution in [-0.2, 0) is 23.1 Å². The Morgan fingerprint density at radius 3 is 2.30 bits per heavy atom. The SMILES string of the molecule is COP(=O)(OC)[C@H]1OC(C(=O)O)=C[C@H](O)[C@@H]1NC(=O)O. The Balaban J connectivity index is 3.20. The lowest BCUT2D eigenvalue weighted by atomic mass is 10.1. The Hall–Kier alpha value is -1.61. The lowest BCUT2D eigenvalue weighted by Crippen LogP contribution is -2.53. The third-order valence-electron chi connectivity index (χ3n) is 2.57. The minimum atomic E-state index is -4.00. The molecule has 4 N–H and O–H groups in total. The van der Waals surface area contributed by atoms with Crippen molar-refractivity contribution in [3.05, 3.63) is 11.8 Å². The molecule has 0 fully saturated rings. The highest BCUT2D eigenvalue weighted by atomic mass is 31.2. The first-order valence-corrected chi connectivity index (χ1v) is 6.87. The predicted octanol–water partition coefficient (Wildman–Crippen LogP) is -0.206. The maximum absolute atomic E-state index is 12.3. The third-order valence-corrected chi connectivity index (χ3v) is 4.63. The van der Waals surface area contributed by atoms with Crippen LogP contribution < -0.4 is 5.32 Å². The van der Waals surface area contributed by atoms with E-state index in [1.54, 1.807) is 0 Å². The van der Waals surface area contributed by atoms with Crippen molar-refractivity contribution in [3.63, 3.8) is 0 Å². The van der Waals surface area contributed by atoms with Crippen molar-refractivity contribution in [2.75, 3.05) is 14.2 Å². The van der Waals surface area contributed by atoms with Crippen molar-refractivity contribution in [2.24, 2.45) is 0 Å². The number of aliphatic carboxylic acids is 1. The molecule has 1 aliphatic rings. The highest BCUT2D eigenvalue weighted by Gasteiger charge is 2.49. The highest BCUT2D eigenvalue weighted by Crippen LogP contribution is 2.55. The van der Waals surface area contributed by atoms with Crippen molar-refractivity contribution in [1.29, 1.82) is 0 Å². The zero-order valence-electron chi connectivity index (χ0n) is 10.5. The van der Waals surface area contributed by atoms with Crippen LogP contribution in [0.5, 0.6) is 0 Å². The summed E-state index contributed by atoms with van der Waals surface area (Å²) in [6.07, 6.45) is -2.31. The van der Waals surface area contributed by atoms with Gasteiger partial charge in [0.1, 0.15) is 12.1 Å². The summed E-state index contributed by atoms with van der Waals surface area (Å²) in [5.41, 5.74) is 0. The molecular weight excluding hydrogens is 297 g/mol. The van der Waals surface area contributed by atoms with E-state index in [1.165, 1.54) is 0 Å². The van der Waals surface area contributed by atoms with Crippen LogP contribution in [0.3, 0.4) is 0 Å². The maximum atomic E-state index is 12.3. The van der Waals surface area contributed by atoms with Gasteiger partial charge < -0.3 is 34.4 Å². The van der Waals surface area contributed by atoms with Crippen LogP contribution in [0.1, 0.15) is 0 Å². The summed E-state index contributed by atoms with van der Waals surface area (Å²) >= 11 is 0. The van der Waals surface area contributed by atoms with Crippen LogP contribution in [0.2, 0.25) is 0 Å². The minimum absolute atomic E-state index is 0.680. The standard InChI is InChI=1S/C9H14NO9P/c1-17-20(16,18-2)8-6(10-9(14)15)4(11)3-5(19-8)7(12)13/h3-4,6,8,10-11H,1-2H3,(H,12,13)(H,14,15)/t4-,6-,8+/m0/s1. The molecule has 20 heavy (non-hydrogen) atoms. The Kier molecular flexibility index (Phi) is 5.12. The fraction of sp³-hybridized carbons (Fsp3) is 0.556. The summed E-state index contributed by atoms with van der Waals surface area (Å²) in [6, 6.07) is -1.42. The van der Waals surface area contributed by atoms with E-state index in [1.807, 2.05) is 5.32 Å². The van der Waals surface area contributed by atoms with Gasteiger partial charge in [0.25, 0.3) is 0 Å². The van der Waals surface area contributed by atoms with Gasteiger partial charge in [-0.15, -0.1) is 0 Å². The first kappa shape index (κ1) is 16.4. The van der Waals surface area contributed by atoms with E-state index in [2.05, 4.69) is 9.05 Å². The van der Waals surface area contributed by atoms with E-state index < -0.39 is 43.4 Å². The first-order chi connectivity index (χ1) is 9.25. The van der Waals surface area contributed by atoms with E-state index in [4.69, 9.17) is 14.9 Å². The van der Waals surface area contributed by atoms with Gasteiger partial charge in [0, 0.05) is 14.2 Å². The number of hydrogen-bond donors (Lipinski definition) is 4. The molecule has 3 atom stereocenters. The second-order valence-electron chi connectivity index (χ2n) is 3.72. The van der Waals surface area contributed by atoms with E-state index in [0.717, 1.165) is 20.3 Å². The van der Waals surface area contributed by atoms with E-state index >= 15 is 0 Å². The number of hydrogen-bond acceptors (Lipinski definition) is 7. The van der Waals surface area contributed by atoms with E-state index in [-0.39, 0.29) is 0 Å². The van der Waals surface area contributed by atoms with Gasteiger partial charge in [0.2, 0.25) is 11.6 Å². The predicted molar refractivity (Wildman–Crippen MR) is 63.2 cm³/mol. The molecule has 0 saturated heterocycles. The number of rotatable bonds is 5. The van der Waals surface area contributed by atoms with Gasteiger partial charge in [-0.1, -0.05) is 0 Å². The number of ether oxygens (including phenoxy) is 1. The van der Waals surface area contributed by atoms with Gasteiger partial charge in [-0.05, 0) is 6.08 Å². The Labute approximate surface area is 113 Å². The maximum Gasteiger partial charge on any atom is 0.405 e. The van der Waals surface area contributed by atoms with Crippen LogP contribution in [0.25, 0.3) is 0 Å². The molecule has 1 aliphatic heterocycles. The number of nitrogens with one attached hydrogen (secondary N) is 1. The molecule has 1 amide bonds. The van der Waals surface area contributed by atoms with Crippen LogP contribution in [0.4, 0.5) is 4.79 Å². The molecule has 0 radical (unpaired) electrons. The van der Waals surface area contributed by atoms with Crippen molar-refractivity contribution >= 4 is 19.7 Å². The van der Waals surface area contributed by atoms with Gasteiger partial charge in [-0.2, -0.15) is 0 Å². The number of carbonyl (C=O) groups is 2. The Bertz CT molecular complexity index is 468. The normalized spacial score (nSPS) is 26.4. The van der Waals surface area contributed by atoms with E-state index in [9.17, 15) is 19.3 Å². The smallest absolute Gasteiger partial charge is 0.405 e. The average Bonchev–Trinajstić information content (AvgIpc) is 2.39. The summed E-state index contributed by atoms with van der Waals surface area (Å²) in [5, 5.41) is 29.2. The summed E-state index contributed by atoms with van der Waals surface area (Å²) in [7, 11) is -1.95. The fourth-order valence-corrected chi connectivity index (χ4v) is 3.09. The van der Waals surface area contributed by atoms with Crippen molar-refractivity contribution in [1.82, 2.24) is 5.32 Å². The molecule has 0 aliphatic carbocycles. The number of carboxylic acid groups (broad SMARTS) is 2. The number of amides is 1. The summed E-state index contributed by atoms with van der Waals surface area (Å²) in [5.74, 6) is -3.83. The van der Waals surface area contributed by atoms with Gasteiger partial charge >= 0.3 is 19.7 Å². The molecule has 10 nitrogen and oxygen atoms in total. The average molecular weight is 311 g/mol. The molecule has 0 aromatic heterocycles. The van der Waals surface area contributed by atoms with Crippen molar-refractivity contribution in [2.45, 2.75) is 18.0 Å². The zero-order valence-corrected chi connectivity index (χ0v) is 11.4. The minimum Gasteiger partial charge on any atom is -0.475 e. The Morgan fingerprint density at radius 2 is 1.90 bits per heavy atom. The molecule has 1 rings (SSSR count). The largest absolute Gasteiger partial charge is 0.475 e. The van der Waals surface area contributed by atoms with Gasteiger partial charge in [0.05, 0.1) is 0 Å². The number of carboxylic acids is 1. The van der Waals surface area contributed by atoms with Gasteiger partial charge in [-0.3, -0.25) is 4.57 Å². The molecule has 0 unspecified atom stereocenters. The molecule has 0 aromatic rings. The highest BCUT2D eigenvalue weighted by molar-refractivity contribution is 7.54. The lowest BCUT2D eigenvalue weighted by molar-refractivity contribution is -0.138. The zero-order chi connectivity index (χ0) is 15.5. The first-order valence-electron chi connectivity index (χ1n) is 5.25. The second kappa shape index (κ2) is 6.23. The second-order valence-corrected chi connectivity index (χ2v) is 6.03. The van der Waals surface area contributed by atoms with Crippen LogP contribution in [0, 0.1) is 0 Å². The van der Waals surface area contributed by atoms with Crippen LogP contribution >= 0.6 is 7.60 Å². The quantitative estimate of drug-likeness (QED) is 0.505. The molecule has 0 spiro atoms. The van der Waals surface area contributed by atoms with Crippen LogP contribution in [0.15, 0.2) is 11.8 Å². The molecule has 114 valence electrons. The molecule has 11 heteroatoms. The topological polar surface area (TPSA) is 152 Å². The molecular formula is C9H14NO9P. The third kappa shape index (κ3) is 3.28. The number of aliphatic hydroxyl groups excluding tert-OH is 1. The summed E-state index contributed by atoms with van der Waals surface area (Å²) < 4.78 is 26.5. The van der Waals surface area contributed by atoms with Crippen LogP contribution in [-0.4, -0.2) is 59.6 Å². The monoisotopic (exact) mass is 311 g/mol. The number of aliphatic hydroxyl groups is 1. The Morgan fingerprint density at radius 1 is 1.35 bits per heavy atom. The van der Waals surface area contributed by atoms with Crippen molar-refractivity contribution < 1.29 is 43.3 Å². The molecule has 0 saturated carbocycles. The van der Waals surface area contributed by atoms with Crippen molar-refractivity contribution in [3.8, 4) is 0 Å². The van der Waals surface area contributed by atoms with Gasteiger partial charge in [0.15, 0.2) is 0 Å². The lowest BCUT2D eigenvalue weighted by Gasteiger charge is -2.36. The van der Waals surface area contributed by atoms with Gasteiger partial charge in [-0.25, -0.2) is 9.59 Å². The fourth-order valence-electron chi connectivity index (χ4n) is 1.63. The summed E-state index contributed by atoms with van der Waals surface area (Å²) in [4.78, 5) is 21.6. The summed E-state index contributed by atoms with van der Waals surface area (Å²) in [6.45, 7) is 0. The molecule has 1 heterocycles.